The van der Waals surface area contributed by atoms with Gasteiger partial charge in [-0.3, -0.25) is 19.7 Å². The van der Waals surface area contributed by atoms with Crippen LogP contribution in [-0.2, 0) is 39.8 Å². The zero-order chi connectivity index (χ0) is 54.1. The Hall–Kier alpha value is -5.97. The molecule has 4 bridgehead atoms. The van der Waals surface area contributed by atoms with E-state index < -0.39 is 95.9 Å². The van der Waals surface area contributed by atoms with Crippen molar-refractivity contribution in [3.05, 3.63) is 76.3 Å². The summed E-state index contributed by atoms with van der Waals surface area (Å²) in [4.78, 5) is 81.8. The number of fused-ring (bicyclic) bond motifs is 5. The topological polar surface area (TPSA) is 285 Å². The second kappa shape index (κ2) is 24.8. The first-order valence-electron chi connectivity index (χ1n) is 24.3. The Labute approximate surface area is 431 Å². The standard InChI is InChI=1S/C51H73ClN8O13/c1-27(2)42(54-7)45(63)57-34(15-13-21-55-48(53)66)44(62)56-33-19-17-32(18-20-33)46(64)59(8)30(5)47(65)72-39-25-40(61)60(9)35-23-31(24-36(69-10)41(35)52)22-28(3)14-12-16-38(70-11)51(68)26-37(71-49(67)58-51)29(4)43-50(39,6)73-43/h12,14,16-20,23-24,27,29-30,34,37-40,42-43,54,61,68H,13,15,21-22,25-26H2,1-11H3,(H,56,62)(H,57,63)(H,58,67)(H3,53,55,66)/b16-12+,28-14+/t29-,30+,34+,37+,38-,39+,40?,42+,43+,50+,51+/m1/s1. The summed E-state index contributed by atoms with van der Waals surface area (Å²) >= 11 is 6.86. The molecule has 2 saturated heterocycles. The summed E-state index contributed by atoms with van der Waals surface area (Å²) in [5, 5.41) is 37.6. The van der Waals surface area contributed by atoms with Crippen molar-refractivity contribution in [1.29, 1.82) is 0 Å². The smallest absolute Gasteiger partial charge is 0.409 e. The first-order chi connectivity index (χ1) is 34.4. The number of hydrogen-bond acceptors (Lipinski definition) is 15. The number of nitrogens with one attached hydrogen (secondary N) is 5. The summed E-state index contributed by atoms with van der Waals surface area (Å²) in [6.45, 7) is 10.8. The number of rotatable bonds is 16. The highest BCUT2D eigenvalue weighted by molar-refractivity contribution is 6.34. The van der Waals surface area contributed by atoms with Gasteiger partial charge in [0.2, 0.25) is 11.8 Å². The molecule has 11 atom stereocenters. The number of ether oxygens (including phenoxy) is 5. The predicted molar refractivity (Wildman–Crippen MR) is 273 cm³/mol. The number of urea groups is 1. The monoisotopic (exact) mass is 1040 g/mol. The molecule has 402 valence electrons. The third kappa shape index (κ3) is 14.2. The largest absolute Gasteiger partial charge is 0.495 e. The Kier molecular flexibility index (Phi) is 19.7. The van der Waals surface area contributed by atoms with Crippen molar-refractivity contribution in [2.75, 3.05) is 52.1 Å². The molecule has 3 aliphatic rings. The molecule has 3 heterocycles. The molecule has 0 aliphatic carbocycles. The maximum atomic E-state index is 14.3. The maximum absolute atomic E-state index is 14.3. The van der Waals surface area contributed by atoms with Crippen LogP contribution in [0.4, 0.5) is 21.0 Å². The summed E-state index contributed by atoms with van der Waals surface area (Å²) in [6, 6.07) is 6.16. The van der Waals surface area contributed by atoms with Crippen molar-refractivity contribution in [2.24, 2.45) is 17.6 Å². The van der Waals surface area contributed by atoms with Crippen molar-refractivity contribution in [3.8, 4) is 5.75 Å². The zero-order valence-corrected chi connectivity index (χ0v) is 44.2. The number of allylic oxidation sites excluding steroid dienone is 3. The van der Waals surface area contributed by atoms with Crippen molar-refractivity contribution in [2.45, 2.75) is 134 Å². The van der Waals surface area contributed by atoms with Gasteiger partial charge >= 0.3 is 18.1 Å². The van der Waals surface area contributed by atoms with Gasteiger partial charge in [-0.15, -0.1) is 0 Å². The predicted octanol–water partition coefficient (Wildman–Crippen LogP) is 3.74. The molecule has 2 aromatic rings. The Morgan fingerprint density at radius 1 is 1.10 bits per heavy atom. The molecule has 0 aromatic heterocycles. The molecule has 1 unspecified atom stereocenters. The highest BCUT2D eigenvalue weighted by Crippen LogP contribution is 2.49. The lowest BCUT2D eigenvalue weighted by Crippen LogP contribution is -2.63. The van der Waals surface area contributed by atoms with Crippen molar-refractivity contribution >= 4 is 58.8 Å². The van der Waals surface area contributed by atoms with E-state index in [0.29, 0.717) is 30.0 Å². The molecule has 9 N–H and O–H groups in total. The van der Waals surface area contributed by atoms with Gasteiger partial charge in [0, 0.05) is 57.8 Å². The number of nitrogens with two attached hydrogens (primary N) is 1. The lowest BCUT2D eigenvalue weighted by Gasteiger charge is -2.42. The van der Waals surface area contributed by atoms with Crippen LogP contribution in [0.5, 0.6) is 5.75 Å². The molecule has 73 heavy (non-hydrogen) atoms. The van der Waals surface area contributed by atoms with E-state index in [0.717, 1.165) is 11.1 Å². The third-order valence-corrected chi connectivity index (χ3v) is 14.2. The summed E-state index contributed by atoms with van der Waals surface area (Å²) in [5.74, 6) is -2.57. The van der Waals surface area contributed by atoms with Gasteiger partial charge in [-0.05, 0) is 95.0 Å². The van der Waals surface area contributed by atoms with E-state index in [2.05, 4.69) is 26.6 Å². The first kappa shape index (κ1) is 57.9. The van der Waals surface area contributed by atoms with Gasteiger partial charge in [0.1, 0.15) is 53.0 Å². The number of carbonyl (C=O) groups excluding carboxylic acids is 6. The molecule has 0 saturated carbocycles. The normalized spacial score (nSPS) is 27.5. The number of primary amides is 1. The number of likely N-dealkylation sites (N-methyl/N-ethyl adjacent to an activating group) is 2. The van der Waals surface area contributed by atoms with Crippen LogP contribution in [0.15, 0.2) is 60.2 Å². The van der Waals surface area contributed by atoms with Crippen LogP contribution in [0.25, 0.3) is 0 Å². The minimum atomic E-state index is -1.88. The first-order valence-corrected chi connectivity index (χ1v) is 24.7. The molecular formula is C51H73ClN8O13. The van der Waals surface area contributed by atoms with Crippen LogP contribution in [0, 0.1) is 11.8 Å². The van der Waals surface area contributed by atoms with Crippen LogP contribution >= 0.6 is 11.6 Å². The quantitative estimate of drug-likeness (QED) is 0.0676. The number of epoxide rings is 1. The van der Waals surface area contributed by atoms with E-state index in [9.17, 15) is 39.0 Å². The number of anilines is 2. The van der Waals surface area contributed by atoms with Gasteiger partial charge in [0.05, 0.1) is 24.9 Å². The Balaban J connectivity index is 1.38. The lowest BCUT2D eigenvalue weighted by molar-refractivity contribution is -0.158. The number of nitrogens with zero attached hydrogens (tertiary/aromatic N) is 2. The third-order valence-electron chi connectivity index (χ3n) is 13.9. The maximum Gasteiger partial charge on any atom is 0.409 e. The van der Waals surface area contributed by atoms with Gasteiger partial charge in [-0.2, -0.15) is 0 Å². The number of methoxy groups -OCH3 is 2. The van der Waals surface area contributed by atoms with Gasteiger partial charge in [0.15, 0.2) is 5.72 Å². The van der Waals surface area contributed by atoms with Crippen molar-refractivity contribution in [3.63, 3.8) is 0 Å². The zero-order valence-electron chi connectivity index (χ0n) is 43.4. The molecule has 3 aliphatic heterocycles. The Bertz CT molecular complexity index is 2390. The number of aliphatic hydroxyl groups is 2. The molecule has 2 aromatic carbocycles. The minimum absolute atomic E-state index is 0.0717. The number of amides is 6. The van der Waals surface area contributed by atoms with Crippen LogP contribution in [0.1, 0.15) is 83.1 Å². The SMILES string of the molecule is CN[C@H](C(=O)N[C@@H](CCCNC(N)=O)C(=O)Nc1ccc(C(=O)N(C)[C@@H](C)C(=O)O[C@H]2CC(O)N(C)c3cc(cc(OC)c3Cl)C/C(C)=C/C=C/[C@@H](OC)[C@@]3(O)C[C@H](OC(=O)N3)[C@@H](C)[C@@H]3O[C@@]23C)cc1)C(C)C. The molecule has 21 nitrogen and oxygen atoms in total. The van der Waals surface area contributed by atoms with Gasteiger partial charge in [-0.25, -0.2) is 14.4 Å². The van der Waals surface area contributed by atoms with Crippen LogP contribution < -0.4 is 42.0 Å². The molecular weight excluding hydrogens is 968 g/mol. The highest BCUT2D eigenvalue weighted by atomic mass is 35.5. The summed E-state index contributed by atoms with van der Waals surface area (Å²) in [7, 11) is 7.62. The number of aliphatic hydroxyl groups excluding tert-OH is 1. The second-order valence-corrected chi connectivity index (χ2v) is 19.9. The van der Waals surface area contributed by atoms with Crippen LogP contribution in [0.3, 0.4) is 0 Å². The Morgan fingerprint density at radius 3 is 2.40 bits per heavy atom. The van der Waals surface area contributed by atoms with Crippen molar-refractivity contribution < 1.29 is 62.7 Å². The second-order valence-electron chi connectivity index (χ2n) is 19.6. The van der Waals surface area contributed by atoms with E-state index in [4.69, 9.17) is 41.0 Å². The van der Waals surface area contributed by atoms with E-state index >= 15 is 0 Å². The molecule has 5 rings (SSSR count). The number of benzene rings is 2. The average Bonchev–Trinajstić information content (AvgIpc) is 4.04. The molecule has 2 fully saturated rings. The highest BCUT2D eigenvalue weighted by Gasteiger charge is 2.64. The summed E-state index contributed by atoms with van der Waals surface area (Å²) < 4.78 is 29.6. The molecule has 22 heteroatoms. The van der Waals surface area contributed by atoms with E-state index in [-0.39, 0.29) is 48.2 Å². The van der Waals surface area contributed by atoms with Gasteiger partial charge in [0.25, 0.3) is 5.91 Å². The average molecular weight is 1040 g/mol. The Morgan fingerprint density at radius 2 is 1.78 bits per heavy atom. The number of halogens is 1. The van der Waals surface area contributed by atoms with E-state index in [1.807, 2.05) is 32.9 Å². The van der Waals surface area contributed by atoms with Gasteiger partial charge in [-0.1, -0.05) is 56.2 Å². The van der Waals surface area contributed by atoms with Gasteiger partial charge < -0.3 is 70.7 Å². The lowest BCUT2D eigenvalue weighted by atomic mass is 9.83. The number of carbonyl (C=O) groups is 6. The van der Waals surface area contributed by atoms with Crippen LogP contribution in [0.2, 0.25) is 5.02 Å². The van der Waals surface area contributed by atoms with E-state index in [1.54, 1.807) is 51.1 Å². The van der Waals surface area contributed by atoms with Crippen molar-refractivity contribution in [1.82, 2.24) is 26.2 Å². The molecule has 0 spiro atoms. The fourth-order valence-corrected chi connectivity index (χ4v) is 9.57. The number of hydrogen-bond donors (Lipinski definition) is 8. The fourth-order valence-electron chi connectivity index (χ4n) is 9.25. The molecule has 0 radical (unpaired) electrons. The summed E-state index contributed by atoms with van der Waals surface area (Å²) in [5.41, 5.74) is 4.69. The number of esters is 1. The minimum Gasteiger partial charge on any atom is -0.495 e. The number of alkyl carbamates (subject to hydrolysis) is 1. The summed E-state index contributed by atoms with van der Waals surface area (Å²) in [6.07, 6.45) is -0.0754. The van der Waals surface area contributed by atoms with E-state index in [1.165, 1.54) is 57.4 Å². The fraction of sp³-hybridized carbons (Fsp3) is 0.569. The molecule has 6 amide bonds. The van der Waals surface area contributed by atoms with Crippen LogP contribution in [-0.4, -0.2) is 153 Å².